The van der Waals surface area contributed by atoms with Crippen molar-refractivity contribution in [3.05, 3.63) is 5.82 Å². The number of carbonyl (C=O) groups is 1. The van der Waals surface area contributed by atoms with Gasteiger partial charge in [0.25, 0.3) is 0 Å². The van der Waals surface area contributed by atoms with E-state index in [9.17, 15) is 4.79 Å². The molecule has 6 heteroatoms. The zero-order valence-corrected chi connectivity index (χ0v) is 10.6. The maximum Gasteiger partial charge on any atom is 0.223 e. The molecule has 6 nitrogen and oxygen atoms in total. The molecule has 0 fully saturated rings. The third-order valence-corrected chi connectivity index (χ3v) is 2.19. The van der Waals surface area contributed by atoms with Crippen LogP contribution >= 0.6 is 0 Å². The Bertz CT molecular complexity index is 366. The molecular weight excluding hydrogens is 206 g/mol. The highest BCUT2D eigenvalue weighted by Crippen LogP contribution is 2.19. The van der Waals surface area contributed by atoms with Gasteiger partial charge >= 0.3 is 0 Å². The number of tetrazole rings is 1. The van der Waals surface area contributed by atoms with E-state index in [0.717, 1.165) is 0 Å². The molecule has 0 aliphatic rings. The lowest BCUT2D eigenvalue weighted by Crippen LogP contribution is -2.30. The third kappa shape index (κ3) is 3.60. The number of carbonyl (C=O) groups excluding carboxylic acids is 1. The van der Waals surface area contributed by atoms with Gasteiger partial charge < -0.3 is 4.90 Å². The summed E-state index contributed by atoms with van der Waals surface area (Å²) in [4.78, 5) is 13.5. The molecule has 0 aliphatic heterocycles. The normalized spacial score (nSPS) is 11.6. The van der Waals surface area contributed by atoms with Gasteiger partial charge in [-0.1, -0.05) is 20.8 Å². The molecule has 1 heterocycles. The van der Waals surface area contributed by atoms with Gasteiger partial charge in [-0.05, 0) is 15.8 Å². The highest BCUT2D eigenvalue weighted by Gasteiger charge is 2.20. The highest BCUT2D eigenvalue weighted by atomic mass is 16.2. The van der Waals surface area contributed by atoms with Crippen molar-refractivity contribution in [1.29, 1.82) is 0 Å². The van der Waals surface area contributed by atoms with Crippen molar-refractivity contribution < 1.29 is 4.79 Å². The molecule has 0 saturated carbocycles. The fourth-order valence-electron chi connectivity index (χ4n) is 1.27. The van der Waals surface area contributed by atoms with Crippen LogP contribution in [0.1, 0.15) is 33.0 Å². The van der Waals surface area contributed by atoms with Crippen LogP contribution in [0.5, 0.6) is 0 Å². The van der Waals surface area contributed by atoms with Crippen molar-refractivity contribution in [1.82, 2.24) is 25.1 Å². The van der Waals surface area contributed by atoms with Crippen molar-refractivity contribution in [3.63, 3.8) is 0 Å². The average Bonchev–Trinajstić information content (AvgIpc) is 2.49. The number of hydrogen-bond donors (Lipinski definition) is 0. The second kappa shape index (κ2) is 4.59. The number of aromatic nitrogens is 4. The van der Waals surface area contributed by atoms with Gasteiger partial charge in [0, 0.05) is 20.5 Å². The zero-order valence-electron chi connectivity index (χ0n) is 10.6. The van der Waals surface area contributed by atoms with Gasteiger partial charge in [-0.25, -0.2) is 4.68 Å². The second-order valence-electron chi connectivity index (χ2n) is 5.21. The molecule has 1 rings (SSSR count). The molecule has 0 unspecified atom stereocenters. The Labute approximate surface area is 95.6 Å². The first-order valence-corrected chi connectivity index (χ1v) is 5.25. The quantitative estimate of drug-likeness (QED) is 0.756. The molecule has 0 aromatic carbocycles. The van der Waals surface area contributed by atoms with Gasteiger partial charge in [0.1, 0.15) is 0 Å². The van der Waals surface area contributed by atoms with Crippen LogP contribution in [-0.2, 0) is 18.4 Å². The van der Waals surface area contributed by atoms with Crippen LogP contribution in [-0.4, -0.2) is 38.1 Å². The first kappa shape index (κ1) is 12.6. The molecule has 0 saturated heterocycles. The van der Waals surface area contributed by atoms with Crippen LogP contribution in [0.4, 0.5) is 0 Å². The monoisotopic (exact) mass is 225 g/mol. The molecule has 16 heavy (non-hydrogen) atoms. The van der Waals surface area contributed by atoms with E-state index in [1.54, 1.807) is 23.7 Å². The maximum atomic E-state index is 11.8. The third-order valence-electron chi connectivity index (χ3n) is 2.19. The number of aryl methyl sites for hydroxylation is 1. The minimum absolute atomic E-state index is 0.00345. The van der Waals surface area contributed by atoms with E-state index in [1.165, 1.54) is 0 Å². The van der Waals surface area contributed by atoms with E-state index in [1.807, 2.05) is 20.8 Å². The highest BCUT2D eigenvalue weighted by molar-refractivity contribution is 5.76. The Kier molecular flexibility index (Phi) is 3.62. The van der Waals surface area contributed by atoms with Crippen molar-refractivity contribution in [3.8, 4) is 0 Å². The van der Waals surface area contributed by atoms with E-state index < -0.39 is 0 Å². The van der Waals surface area contributed by atoms with E-state index in [-0.39, 0.29) is 11.3 Å². The minimum Gasteiger partial charge on any atom is -0.338 e. The lowest BCUT2D eigenvalue weighted by Gasteiger charge is -2.22. The Morgan fingerprint density at radius 3 is 2.50 bits per heavy atom. The predicted molar refractivity (Wildman–Crippen MR) is 59.3 cm³/mol. The summed E-state index contributed by atoms with van der Waals surface area (Å²) >= 11 is 0. The van der Waals surface area contributed by atoms with Gasteiger partial charge in [0.15, 0.2) is 5.82 Å². The fraction of sp³-hybridized carbons (Fsp3) is 0.800. The van der Waals surface area contributed by atoms with Crippen molar-refractivity contribution >= 4 is 5.91 Å². The molecule has 90 valence electrons. The van der Waals surface area contributed by atoms with Crippen LogP contribution in [0.25, 0.3) is 0 Å². The Balaban J connectivity index is 2.56. The molecule has 0 aliphatic carbocycles. The predicted octanol–water partition coefficient (Wildman–Crippen LogP) is 0.605. The molecular formula is C10H19N5O. The molecule has 1 aromatic heterocycles. The number of nitrogens with zero attached hydrogens (tertiary/aromatic N) is 5. The summed E-state index contributed by atoms with van der Waals surface area (Å²) < 4.78 is 1.57. The summed E-state index contributed by atoms with van der Waals surface area (Å²) in [5.74, 6) is 0.792. The summed E-state index contributed by atoms with van der Waals surface area (Å²) in [6, 6.07) is 0. The van der Waals surface area contributed by atoms with Gasteiger partial charge in [-0.3, -0.25) is 4.79 Å². The van der Waals surface area contributed by atoms with Crippen LogP contribution in [0.2, 0.25) is 0 Å². The Hall–Kier alpha value is -1.46. The summed E-state index contributed by atoms with van der Waals surface area (Å²) in [6.45, 7) is 6.58. The van der Waals surface area contributed by atoms with Gasteiger partial charge in [-0.2, -0.15) is 0 Å². The Morgan fingerprint density at radius 2 is 2.06 bits per heavy atom. The number of rotatable bonds is 3. The van der Waals surface area contributed by atoms with Crippen LogP contribution in [0.3, 0.4) is 0 Å². The van der Waals surface area contributed by atoms with E-state index >= 15 is 0 Å². The van der Waals surface area contributed by atoms with E-state index in [0.29, 0.717) is 18.8 Å². The lowest BCUT2D eigenvalue weighted by molar-refractivity contribution is -0.132. The largest absolute Gasteiger partial charge is 0.338 e. The summed E-state index contributed by atoms with van der Waals surface area (Å²) in [7, 11) is 3.53. The van der Waals surface area contributed by atoms with E-state index in [4.69, 9.17) is 0 Å². The minimum atomic E-state index is 0.00345. The molecule has 0 radical (unpaired) electrons. The molecule has 0 spiro atoms. The van der Waals surface area contributed by atoms with Crippen LogP contribution in [0, 0.1) is 5.41 Å². The van der Waals surface area contributed by atoms with Gasteiger partial charge in [-0.15, -0.1) is 5.10 Å². The molecule has 0 atom stereocenters. The molecule has 1 aromatic rings. The average molecular weight is 225 g/mol. The van der Waals surface area contributed by atoms with Gasteiger partial charge in [0.2, 0.25) is 5.91 Å². The topological polar surface area (TPSA) is 63.9 Å². The van der Waals surface area contributed by atoms with Crippen molar-refractivity contribution in [2.45, 2.75) is 33.7 Å². The Morgan fingerprint density at radius 1 is 1.44 bits per heavy atom. The second-order valence-corrected chi connectivity index (χ2v) is 5.21. The lowest BCUT2D eigenvalue weighted by atomic mass is 9.92. The maximum absolute atomic E-state index is 11.8. The van der Waals surface area contributed by atoms with Gasteiger partial charge in [0.05, 0.1) is 6.54 Å². The van der Waals surface area contributed by atoms with E-state index in [2.05, 4.69) is 15.5 Å². The first-order valence-electron chi connectivity index (χ1n) is 5.25. The zero-order chi connectivity index (χ0) is 12.3. The molecule has 0 N–H and O–H groups in total. The van der Waals surface area contributed by atoms with Crippen LogP contribution in [0.15, 0.2) is 0 Å². The van der Waals surface area contributed by atoms with Crippen LogP contribution < -0.4 is 0 Å². The molecule has 1 amide bonds. The molecule has 0 bridgehead atoms. The smallest absolute Gasteiger partial charge is 0.223 e. The standard InChI is InChI=1S/C10H19N5O/c1-10(2,3)6-9(16)14(4)7-8-11-12-13-15(8)5/h6-7H2,1-5H3. The summed E-state index contributed by atoms with van der Waals surface area (Å²) in [6.07, 6.45) is 0.523. The first-order chi connectivity index (χ1) is 7.29. The summed E-state index contributed by atoms with van der Waals surface area (Å²) in [5, 5.41) is 11.1. The number of hydrogen-bond acceptors (Lipinski definition) is 4. The van der Waals surface area contributed by atoms with Crippen molar-refractivity contribution in [2.75, 3.05) is 7.05 Å². The summed E-state index contributed by atoms with van der Waals surface area (Å²) in [5.41, 5.74) is 0.00345. The number of amides is 1. The fourth-order valence-corrected chi connectivity index (χ4v) is 1.27. The SMILES string of the molecule is CN(Cc1nnnn1C)C(=O)CC(C)(C)C. The van der Waals surface area contributed by atoms with Crippen molar-refractivity contribution in [2.24, 2.45) is 12.5 Å².